The van der Waals surface area contributed by atoms with Crippen molar-refractivity contribution in [3.8, 4) is 11.6 Å². The van der Waals surface area contributed by atoms with Crippen molar-refractivity contribution in [1.82, 2.24) is 15.3 Å². The Morgan fingerprint density at radius 3 is 2.67 bits per heavy atom. The summed E-state index contributed by atoms with van der Waals surface area (Å²) < 4.78 is 32.2. The van der Waals surface area contributed by atoms with Crippen LogP contribution in [0.3, 0.4) is 0 Å². The van der Waals surface area contributed by atoms with Gasteiger partial charge in [-0.2, -0.15) is 0 Å². The van der Waals surface area contributed by atoms with E-state index in [1.165, 1.54) is 6.07 Å². The fourth-order valence-electron chi connectivity index (χ4n) is 2.16. The molecule has 0 fully saturated rings. The Hall–Kier alpha value is -2.86. The molecule has 0 aliphatic heterocycles. The van der Waals surface area contributed by atoms with Gasteiger partial charge in [0.25, 0.3) is 0 Å². The van der Waals surface area contributed by atoms with Crippen LogP contribution in [0, 0.1) is 11.6 Å². The Kier molecular flexibility index (Phi) is 5.08. The molecule has 0 aliphatic carbocycles. The zero-order valence-electron chi connectivity index (χ0n) is 12.7. The number of ether oxygens (including phenoxy) is 1. The molecule has 0 saturated heterocycles. The third-order valence-electron chi connectivity index (χ3n) is 3.32. The van der Waals surface area contributed by atoms with E-state index >= 15 is 0 Å². The third kappa shape index (κ3) is 4.11. The summed E-state index contributed by atoms with van der Waals surface area (Å²) in [7, 11) is 0. The lowest BCUT2D eigenvalue weighted by Crippen LogP contribution is -2.13. The van der Waals surface area contributed by atoms with Crippen molar-refractivity contribution >= 4 is 0 Å². The summed E-state index contributed by atoms with van der Waals surface area (Å²) in [4.78, 5) is 8.18. The molecule has 24 heavy (non-hydrogen) atoms. The molecule has 122 valence electrons. The van der Waals surface area contributed by atoms with Crippen LogP contribution in [0.4, 0.5) is 8.78 Å². The number of hydrogen-bond donors (Lipinski definition) is 1. The van der Waals surface area contributed by atoms with Gasteiger partial charge in [-0.15, -0.1) is 0 Å². The summed E-state index contributed by atoms with van der Waals surface area (Å²) >= 11 is 0. The van der Waals surface area contributed by atoms with Crippen molar-refractivity contribution in [2.45, 2.75) is 13.1 Å². The van der Waals surface area contributed by atoms with Gasteiger partial charge >= 0.3 is 0 Å². The fraction of sp³-hybridized carbons (Fsp3) is 0.111. The maximum Gasteiger partial charge on any atom is 0.223 e. The van der Waals surface area contributed by atoms with Crippen molar-refractivity contribution in [3.63, 3.8) is 0 Å². The maximum atomic E-state index is 13.7. The van der Waals surface area contributed by atoms with E-state index in [0.717, 1.165) is 23.3 Å². The monoisotopic (exact) mass is 327 g/mol. The van der Waals surface area contributed by atoms with Gasteiger partial charge in [-0.1, -0.05) is 12.1 Å². The van der Waals surface area contributed by atoms with Crippen LogP contribution in [0.1, 0.15) is 11.1 Å². The predicted octanol–water partition coefficient (Wildman–Crippen LogP) is 3.84. The van der Waals surface area contributed by atoms with Crippen LogP contribution in [0.5, 0.6) is 11.6 Å². The number of nitrogens with one attached hydrogen (secondary N) is 1. The molecule has 4 nitrogen and oxygen atoms in total. The first-order chi connectivity index (χ1) is 11.7. The normalized spacial score (nSPS) is 10.6. The van der Waals surface area contributed by atoms with Gasteiger partial charge in [0.05, 0.1) is 0 Å². The molecule has 3 aromatic rings. The van der Waals surface area contributed by atoms with E-state index in [-0.39, 0.29) is 11.6 Å². The molecule has 2 aromatic heterocycles. The first-order valence-electron chi connectivity index (χ1n) is 7.39. The van der Waals surface area contributed by atoms with Crippen LogP contribution in [-0.2, 0) is 13.1 Å². The lowest BCUT2D eigenvalue weighted by atomic mass is 10.2. The van der Waals surface area contributed by atoms with Crippen LogP contribution in [0.2, 0.25) is 0 Å². The van der Waals surface area contributed by atoms with E-state index in [1.807, 2.05) is 18.2 Å². The van der Waals surface area contributed by atoms with Gasteiger partial charge < -0.3 is 10.1 Å². The van der Waals surface area contributed by atoms with Gasteiger partial charge in [0.2, 0.25) is 5.88 Å². The minimum Gasteiger partial charge on any atom is -0.436 e. The molecule has 1 aromatic carbocycles. The Bertz CT molecular complexity index is 812. The Balaban J connectivity index is 1.68. The highest BCUT2D eigenvalue weighted by Gasteiger charge is 2.10. The number of halogens is 2. The molecule has 0 unspecified atom stereocenters. The van der Waals surface area contributed by atoms with Gasteiger partial charge in [0.1, 0.15) is 5.82 Å². The number of hydrogen-bond acceptors (Lipinski definition) is 4. The van der Waals surface area contributed by atoms with Crippen molar-refractivity contribution in [1.29, 1.82) is 0 Å². The second kappa shape index (κ2) is 7.61. The second-order valence-corrected chi connectivity index (χ2v) is 5.11. The SMILES string of the molecule is Fc1ccc(Oc2ncccc2CNCc2cccnc2)c(F)c1. The molecule has 1 N–H and O–H groups in total. The van der Waals surface area contributed by atoms with Crippen LogP contribution >= 0.6 is 0 Å². The highest BCUT2D eigenvalue weighted by Crippen LogP contribution is 2.26. The molecule has 0 amide bonds. The molecule has 6 heteroatoms. The summed E-state index contributed by atoms with van der Waals surface area (Å²) in [5.41, 5.74) is 1.82. The minimum atomic E-state index is -0.769. The lowest BCUT2D eigenvalue weighted by Gasteiger charge is -2.11. The second-order valence-electron chi connectivity index (χ2n) is 5.11. The molecule has 2 heterocycles. The smallest absolute Gasteiger partial charge is 0.223 e. The first-order valence-corrected chi connectivity index (χ1v) is 7.39. The average Bonchev–Trinajstić information content (AvgIpc) is 2.60. The largest absolute Gasteiger partial charge is 0.436 e. The van der Waals surface area contributed by atoms with E-state index in [0.29, 0.717) is 13.1 Å². The van der Waals surface area contributed by atoms with Crippen molar-refractivity contribution in [2.24, 2.45) is 0 Å². The number of pyridine rings is 2. The van der Waals surface area contributed by atoms with E-state index in [4.69, 9.17) is 4.74 Å². The average molecular weight is 327 g/mol. The van der Waals surface area contributed by atoms with Gasteiger partial charge in [-0.05, 0) is 29.8 Å². The van der Waals surface area contributed by atoms with Crippen molar-refractivity contribution < 1.29 is 13.5 Å². The van der Waals surface area contributed by atoms with Crippen LogP contribution in [0.25, 0.3) is 0 Å². The minimum absolute atomic E-state index is 0.0661. The highest BCUT2D eigenvalue weighted by atomic mass is 19.1. The Morgan fingerprint density at radius 1 is 1.00 bits per heavy atom. The van der Waals surface area contributed by atoms with Gasteiger partial charge in [-0.25, -0.2) is 13.8 Å². The molecule has 0 radical (unpaired) electrons. The molecule has 0 atom stereocenters. The van der Waals surface area contributed by atoms with E-state index in [9.17, 15) is 8.78 Å². The Morgan fingerprint density at radius 2 is 1.88 bits per heavy atom. The molecule has 3 rings (SSSR count). The molecule has 0 spiro atoms. The Labute approximate surface area is 138 Å². The number of aromatic nitrogens is 2. The third-order valence-corrected chi connectivity index (χ3v) is 3.32. The van der Waals surface area contributed by atoms with E-state index in [2.05, 4.69) is 15.3 Å². The predicted molar refractivity (Wildman–Crippen MR) is 85.4 cm³/mol. The first kappa shape index (κ1) is 16.0. The summed E-state index contributed by atoms with van der Waals surface area (Å²) in [6, 6.07) is 10.6. The van der Waals surface area contributed by atoms with Crippen molar-refractivity contribution in [3.05, 3.63) is 83.8 Å². The summed E-state index contributed by atoms with van der Waals surface area (Å²) in [6.07, 6.45) is 5.05. The van der Waals surface area contributed by atoms with Gasteiger partial charge in [0, 0.05) is 43.3 Å². The molecule has 0 saturated carbocycles. The molecular formula is C18H15F2N3O. The lowest BCUT2D eigenvalue weighted by molar-refractivity contribution is 0.417. The van der Waals surface area contributed by atoms with Gasteiger partial charge in [0.15, 0.2) is 11.6 Å². The fourth-order valence-corrected chi connectivity index (χ4v) is 2.16. The molecular weight excluding hydrogens is 312 g/mol. The summed E-state index contributed by atoms with van der Waals surface area (Å²) in [6.45, 7) is 1.12. The standard InChI is InChI=1S/C18H15F2N3O/c19-15-5-6-17(16(20)9-15)24-18-14(4-2-8-23-18)12-22-11-13-3-1-7-21-10-13/h1-10,22H,11-12H2. The van der Waals surface area contributed by atoms with Crippen LogP contribution in [-0.4, -0.2) is 9.97 Å². The van der Waals surface area contributed by atoms with Crippen molar-refractivity contribution in [2.75, 3.05) is 0 Å². The zero-order valence-corrected chi connectivity index (χ0v) is 12.7. The summed E-state index contributed by atoms with van der Waals surface area (Å²) in [5.74, 6) is -1.21. The van der Waals surface area contributed by atoms with E-state index in [1.54, 1.807) is 24.7 Å². The zero-order chi connectivity index (χ0) is 16.8. The highest BCUT2D eigenvalue weighted by molar-refractivity contribution is 5.33. The number of nitrogens with zero attached hydrogens (tertiary/aromatic N) is 2. The molecule has 0 bridgehead atoms. The summed E-state index contributed by atoms with van der Waals surface area (Å²) in [5, 5.41) is 3.25. The van der Waals surface area contributed by atoms with Gasteiger partial charge in [-0.3, -0.25) is 4.98 Å². The van der Waals surface area contributed by atoms with Crippen LogP contribution < -0.4 is 10.1 Å². The maximum absolute atomic E-state index is 13.7. The number of benzene rings is 1. The van der Waals surface area contributed by atoms with Crippen LogP contribution in [0.15, 0.2) is 61.1 Å². The van der Waals surface area contributed by atoms with E-state index < -0.39 is 11.6 Å². The number of rotatable bonds is 6. The quantitative estimate of drug-likeness (QED) is 0.747. The topological polar surface area (TPSA) is 47.0 Å². The molecule has 0 aliphatic rings.